The molecule has 4 heterocycles. The van der Waals surface area contributed by atoms with Crippen molar-refractivity contribution >= 4 is 28.6 Å². The zero-order valence-electron chi connectivity index (χ0n) is 21.3. The molecule has 7 nitrogen and oxygen atoms in total. The minimum Gasteiger partial charge on any atom is -0.486 e. The highest BCUT2D eigenvalue weighted by Gasteiger charge is 2.32. The standard InChI is InChI=1S/C28H29F3N4O3S/c29-28(30,31)20-2-1-3-21(16-20)34-10-12-35(13-11-34)27(36)23-18-39-26(32-23)19-6-8-33(9-7-19)22-4-5-24-25(17-22)38-15-14-37-24/h1-5,16-19H,6-15H2. The Morgan fingerprint density at radius 2 is 1.56 bits per heavy atom. The molecular formula is C28H29F3N4O3S. The van der Waals surface area contributed by atoms with Gasteiger partial charge in [-0.2, -0.15) is 13.2 Å². The van der Waals surface area contributed by atoms with Crippen LogP contribution in [0, 0.1) is 0 Å². The van der Waals surface area contributed by atoms with Crippen molar-refractivity contribution in [1.29, 1.82) is 0 Å². The largest absolute Gasteiger partial charge is 0.486 e. The van der Waals surface area contributed by atoms with Gasteiger partial charge in [0.25, 0.3) is 5.91 Å². The quantitative estimate of drug-likeness (QED) is 0.435. The van der Waals surface area contributed by atoms with Gasteiger partial charge in [0.1, 0.15) is 18.9 Å². The van der Waals surface area contributed by atoms with Gasteiger partial charge in [-0.15, -0.1) is 11.3 Å². The molecular weight excluding hydrogens is 529 g/mol. The Kier molecular flexibility index (Phi) is 7.01. The summed E-state index contributed by atoms with van der Waals surface area (Å²) in [5.41, 5.74) is 1.44. The average Bonchev–Trinajstić information content (AvgIpc) is 3.47. The van der Waals surface area contributed by atoms with Gasteiger partial charge in [0.15, 0.2) is 11.5 Å². The van der Waals surface area contributed by atoms with Crippen molar-refractivity contribution in [3.05, 3.63) is 64.1 Å². The Morgan fingerprint density at radius 3 is 2.31 bits per heavy atom. The van der Waals surface area contributed by atoms with Crippen LogP contribution in [0.3, 0.4) is 0 Å². The number of hydrogen-bond donors (Lipinski definition) is 0. The Labute approximate surface area is 228 Å². The van der Waals surface area contributed by atoms with E-state index in [1.165, 1.54) is 23.5 Å². The highest BCUT2D eigenvalue weighted by molar-refractivity contribution is 7.09. The number of piperidine rings is 1. The predicted molar refractivity (Wildman–Crippen MR) is 143 cm³/mol. The topological polar surface area (TPSA) is 58.1 Å². The van der Waals surface area contributed by atoms with Crippen molar-refractivity contribution < 1.29 is 27.4 Å². The molecule has 0 unspecified atom stereocenters. The molecule has 1 amide bonds. The van der Waals surface area contributed by atoms with Crippen molar-refractivity contribution in [2.24, 2.45) is 0 Å². The molecule has 3 aromatic rings. The van der Waals surface area contributed by atoms with Crippen molar-refractivity contribution in [3.63, 3.8) is 0 Å². The fourth-order valence-corrected chi connectivity index (χ4v) is 6.36. The van der Waals surface area contributed by atoms with E-state index in [-0.39, 0.29) is 5.91 Å². The molecule has 3 aliphatic heterocycles. The van der Waals surface area contributed by atoms with Crippen molar-refractivity contribution in [2.75, 3.05) is 62.3 Å². The number of aromatic nitrogens is 1. The molecule has 2 fully saturated rings. The number of ether oxygens (including phenoxy) is 2. The number of thiazole rings is 1. The van der Waals surface area contributed by atoms with Gasteiger partial charge < -0.3 is 24.2 Å². The summed E-state index contributed by atoms with van der Waals surface area (Å²) in [6, 6.07) is 11.4. The summed E-state index contributed by atoms with van der Waals surface area (Å²) >= 11 is 1.53. The van der Waals surface area contributed by atoms with Gasteiger partial charge in [-0.1, -0.05) is 6.07 Å². The summed E-state index contributed by atoms with van der Waals surface area (Å²) in [6.07, 6.45) is -2.48. The molecule has 0 radical (unpaired) electrons. The molecule has 0 atom stereocenters. The molecule has 0 saturated carbocycles. The third-order valence-corrected chi connectivity index (χ3v) is 8.59. The first-order valence-electron chi connectivity index (χ1n) is 13.2. The zero-order valence-corrected chi connectivity index (χ0v) is 22.1. The van der Waals surface area contributed by atoms with Gasteiger partial charge in [-0.3, -0.25) is 4.79 Å². The number of anilines is 2. The van der Waals surface area contributed by atoms with E-state index in [1.807, 2.05) is 22.4 Å². The van der Waals surface area contributed by atoms with E-state index < -0.39 is 11.7 Å². The fourth-order valence-electron chi connectivity index (χ4n) is 5.40. The smallest absolute Gasteiger partial charge is 0.416 e. The number of carbonyl (C=O) groups is 1. The maximum atomic E-state index is 13.2. The van der Waals surface area contributed by atoms with E-state index >= 15 is 0 Å². The number of carbonyl (C=O) groups excluding carboxylic acids is 1. The van der Waals surface area contributed by atoms with Gasteiger partial charge in [0.2, 0.25) is 0 Å². The number of fused-ring (bicyclic) bond motifs is 1. The highest BCUT2D eigenvalue weighted by atomic mass is 32.1. The molecule has 0 bridgehead atoms. The van der Waals surface area contributed by atoms with Gasteiger partial charge >= 0.3 is 6.18 Å². The van der Waals surface area contributed by atoms with Crippen LogP contribution < -0.4 is 19.3 Å². The first kappa shape index (κ1) is 25.8. The maximum absolute atomic E-state index is 13.2. The number of hydrogen-bond acceptors (Lipinski definition) is 7. The normalized spacial score (nSPS) is 18.4. The molecule has 0 spiro atoms. The van der Waals surface area contributed by atoms with Gasteiger partial charge in [0.05, 0.1) is 10.6 Å². The van der Waals surface area contributed by atoms with Crippen molar-refractivity contribution in [1.82, 2.24) is 9.88 Å². The monoisotopic (exact) mass is 558 g/mol. The fraction of sp³-hybridized carbons (Fsp3) is 0.429. The Hall–Kier alpha value is -3.47. The lowest BCUT2D eigenvalue weighted by Gasteiger charge is -2.36. The van der Waals surface area contributed by atoms with Crippen LogP contribution in [0.4, 0.5) is 24.5 Å². The van der Waals surface area contributed by atoms with Crippen LogP contribution in [0.2, 0.25) is 0 Å². The molecule has 1 aromatic heterocycles. The minimum absolute atomic E-state index is 0.116. The summed E-state index contributed by atoms with van der Waals surface area (Å²) in [5.74, 6) is 1.77. The summed E-state index contributed by atoms with van der Waals surface area (Å²) in [7, 11) is 0. The molecule has 39 heavy (non-hydrogen) atoms. The molecule has 6 rings (SSSR count). The Balaban J connectivity index is 1.03. The number of nitrogens with zero attached hydrogens (tertiary/aromatic N) is 4. The molecule has 2 saturated heterocycles. The summed E-state index contributed by atoms with van der Waals surface area (Å²) in [4.78, 5) is 23.8. The van der Waals surface area contributed by atoms with Crippen LogP contribution in [0.1, 0.15) is 39.8 Å². The van der Waals surface area contributed by atoms with Gasteiger partial charge in [-0.25, -0.2) is 4.98 Å². The molecule has 206 valence electrons. The van der Waals surface area contributed by atoms with Crippen LogP contribution in [0.15, 0.2) is 47.8 Å². The van der Waals surface area contributed by atoms with E-state index in [9.17, 15) is 18.0 Å². The Morgan fingerprint density at radius 1 is 0.872 bits per heavy atom. The van der Waals surface area contributed by atoms with Crippen LogP contribution >= 0.6 is 11.3 Å². The van der Waals surface area contributed by atoms with E-state index in [1.54, 1.807) is 11.0 Å². The molecule has 2 aromatic carbocycles. The number of benzene rings is 2. The number of rotatable bonds is 4. The SMILES string of the molecule is O=C(c1csc(C2CCN(c3ccc4c(c3)OCCO4)CC2)n1)N1CCN(c2cccc(C(F)(F)F)c2)CC1. The number of amides is 1. The van der Waals surface area contributed by atoms with E-state index in [0.29, 0.717) is 56.7 Å². The molecule has 11 heteroatoms. The second-order valence-corrected chi connectivity index (χ2v) is 10.9. The van der Waals surface area contributed by atoms with Crippen LogP contribution in [-0.2, 0) is 6.18 Å². The van der Waals surface area contributed by atoms with Crippen molar-refractivity contribution in [2.45, 2.75) is 24.9 Å². The summed E-state index contributed by atoms with van der Waals surface area (Å²) in [6.45, 7) is 4.76. The number of halogens is 3. The minimum atomic E-state index is -4.38. The number of piperazine rings is 1. The van der Waals surface area contributed by atoms with E-state index in [2.05, 4.69) is 11.0 Å². The first-order valence-corrected chi connectivity index (χ1v) is 14.0. The van der Waals surface area contributed by atoms with Crippen LogP contribution in [0.25, 0.3) is 0 Å². The van der Waals surface area contributed by atoms with E-state index in [4.69, 9.17) is 14.5 Å². The molecule has 0 N–H and O–H groups in total. The van der Waals surface area contributed by atoms with Crippen molar-refractivity contribution in [3.8, 4) is 11.5 Å². The second kappa shape index (κ2) is 10.6. The Bertz CT molecular complexity index is 1330. The third-order valence-electron chi connectivity index (χ3n) is 7.58. The molecule has 3 aliphatic rings. The highest BCUT2D eigenvalue weighted by Crippen LogP contribution is 2.37. The first-order chi connectivity index (χ1) is 18.8. The van der Waals surface area contributed by atoms with E-state index in [0.717, 1.165) is 54.2 Å². The van der Waals surface area contributed by atoms with Crippen LogP contribution in [0.5, 0.6) is 11.5 Å². The lowest BCUT2D eigenvalue weighted by atomic mass is 9.97. The second-order valence-electron chi connectivity index (χ2n) is 9.99. The lowest BCUT2D eigenvalue weighted by molar-refractivity contribution is -0.137. The lowest BCUT2D eigenvalue weighted by Crippen LogP contribution is -2.49. The summed E-state index contributed by atoms with van der Waals surface area (Å²) in [5, 5.41) is 2.83. The predicted octanol–water partition coefficient (Wildman–Crippen LogP) is 5.28. The van der Waals surface area contributed by atoms with Crippen LogP contribution in [-0.4, -0.2) is 68.3 Å². The summed E-state index contributed by atoms with van der Waals surface area (Å²) < 4.78 is 50.6. The van der Waals surface area contributed by atoms with Gasteiger partial charge in [0, 0.05) is 68.0 Å². The van der Waals surface area contributed by atoms with Gasteiger partial charge in [-0.05, 0) is 43.2 Å². The molecule has 0 aliphatic carbocycles. The maximum Gasteiger partial charge on any atom is 0.416 e. The third kappa shape index (κ3) is 5.50. The average molecular weight is 559 g/mol. The zero-order chi connectivity index (χ0) is 27.0. The number of alkyl halides is 3.